The third kappa shape index (κ3) is 2.49. The van der Waals surface area contributed by atoms with E-state index in [0.29, 0.717) is 19.5 Å². The average Bonchev–Trinajstić information content (AvgIpc) is 2.46. The van der Waals surface area contributed by atoms with Crippen molar-refractivity contribution in [3.8, 4) is 0 Å². The Labute approximate surface area is 91.2 Å². The molecular weight excluding hydrogens is 192 g/mol. The molecule has 0 unspecified atom stereocenters. The van der Waals surface area contributed by atoms with Gasteiger partial charge in [0.15, 0.2) is 0 Å². The zero-order valence-electron chi connectivity index (χ0n) is 10.0. The number of amides is 3. The maximum absolute atomic E-state index is 11.9. The van der Waals surface area contributed by atoms with Crippen LogP contribution in [-0.2, 0) is 4.79 Å². The summed E-state index contributed by atoms with van der Waals surface area (Å²) in [6.45, 7) is 9.09. The topological polar surface area (TPSA) is 40.6 Å². The van der Waals surface area contributed by atoms with Crippen LogP contribution in [0.5, 0.6) is 0 Å². The van der Waals surface area contributed by atoms with E-state index in [2.05, 4.69) is 0 Å². The Hall–Kier alpha value is -1.06. The van der Waals surface area contributed by atoms with Gasteiger partial charge in [-0.05, 0) is 27.2 Å². The molecule has 1 aliphatic heterocycles. The average molecular weight is 212 g/mol. The molecule has 1 fully saturated rings. The lowest BCUT2D eigenvalue weighted by Gasteiger charge is -2.31. The predicted molar refractivity (Wildman–Crippen MR) is 58.5 cm³/mol. The first-order chi connectivity index (χ1) is 6.88. The minimum Gasteiger partial charge on any atom is -0.318 e. The van der Waals surface area contributed by atoms with E-state index in [4.69, 9.17) is 0 Å². The fourth-order valence-corrected chi connectivity index (χ4v) is 1.74. The van der Waals surface area contributed by atoms with Crippen molar-refractivity contribution in [2.75, 3.05) is 13.1 Å². The molecule has 4 nitrogen and oxygen atoms in total. The first-order valence-electron chi connectivity index (χ1n) is 5.50. The van der Waals surface area contributed by atoms with Crippen molar-refractivity contribution in [1.82, 2.24) is 9.80 Å². The van der Waals surface area contributed by atoms with Gasteiger partial charge in [-0.1, -0.05) is 6.92 Å². The van der Waals surface area contributed by atoms with Gasteiger partial charge in [-0.15, -0.1) is 0 Å². The molecule has 0 atom stereocenters. The lowest BCUT2D eigenvalue weighted by atomic mass is 10.1. The predicted octanol–water partition coefficient (Wildman–Crippen LogP) is 1.85. The van der Waals surface area contributed by atoms with Gasteiger partial charge in [-0.3, -0.25) is 9.69 Å². The van der Waals surface area contributed by atoms with Gasteiger partial charge in [0.2, 0.25) is 5.91 Å². The third-order valence-electron chi connectivity index (χ3n) is 2.58. The van der Waals surface area contributed by atoms with E-state index in [-0.39, 0.29) is 17.5 Å². The monoisotopic (exact) mass is 212 g/mol. The van der Waals surface area contributed by atoms with E-state index in [1.165, 1.54) is 4.90 Å². The number of carbonyl (C=O) groups excluding carboxylic acids is 2. The quantitative estimate of drug-likeness (QED) is 0.701. The van der Waals surface area contributed by atoms with Crippen LogP contribution in [-0.4, -0.2) is 40.4 Å². The van der Waals surface area contributed by atoms with Crippen molar-refractivity contribution in [2.45, 2.75) is 46.1 Å². The summed E-state index contributed by atoms with van der Waals surface area (Å²) in [4.78, 5) is 26.6. The number of nitrogens with zero attached hydrogens (tertiary/aromatic N) is 2. The van der Waals surface area contributed by atoms with Crippen LogP contribution in [0.4, 0.5) is 4.79 Å². The second kappa shape index (κ2) is 4.21. The van der Waals surface area contributed by atoms with Crippen molar-refractivity contribution >= 4 is 11.9 Å². The normalized spacial score (nSPS) is 17.5. The molecule has 1 rings (SSSR count). The summed E-state index contributed by atoms with van der Waals surface area (Å²) in [7, 11) is 0. The van der Waals surface area contributed by atoms with Gasteiger partial charge in [0.05, 0.1) is 0 Å². The van der Waals surface area contributed by atoms with Gasteiger partial charge in [-0.2, -0.15) is 0 Å². The Morgan fingerprint density at radius 2 is 1.93 bits per heavy atom. The van der Waals surface area contributed by atoms with Crippen LogP contribution in [0.3, 0.4) is 0 Å². The minimum atomic E-state index is -0.196. The SMILES string of the molecule is CCCC(=O)N1CCN(C(C)(C)C)C1=O. The molecule has 0 radical (unpaired) electrons. The molecule has 15 heavy (non-hydrogen) atoms. The van der Waals surface area contributed by atoms with Gasteiger partial charge in [-0.25, -0.2) is 4.79 Å². The summed E-state index contributed by atoms with van der Waals surface area (Å²) < 4.78 is 0. The fraction of sp³-hybridized carbons (Fsp3) is 0.818. The molecule has 0 spiro atoms. The zero-order valence-corrected chi connectivity index (χ0v) is 10.0. The lowest BCUT2D eigenvalue weighted by molar-refractivity contribution is -0.127. The molecule has 0 aromatic rings. The van der Waals surface area contributed by atoms with E-state index in [1.54, 1.807) is 4.90 Å². The first kappa shape index (κ1) is 12.0. The Bertz CT molecular complexity index is 268. The summed E-state index contributed by atoms with van der Waals surface area (Å²) in [6, 6.07) is -0.138. The van der Waals surface area contributed by atoms with Crippen molar-refractivity contribution in [3.05, 3.63) is 0 Å². The number of urea groups is 1. The first-order valence-corrected chi connectivity index (χ1v) is 5.50. The van der Waals surface area contributed by atoms with E-state index >= 15 is 0 Å². The molecule has 0 aliphatic carbocycles. The highest BCUT2D eigenvalue weighted by Gasteiger charge is 2.38. The molecule has 3 amide bonds. The number of rotatable bonds is 2. The van der Waals surface area contributed by atoms with E-state index in [9.17, 15) is 9.59 Å². The van der Waals surface area contributed by atoms with Crippen LogP contribution in [0, 0.1) is 0 Å². The largest absolute Gasteiger partial charge is 0.327 e. The second-order valence-electron chi connectivity index (χ2n) is 4.90. The van der Waals surface area contributed by atoms with Crippen LogP contribution in [0.2, 0.25) is 0 Å². The van der Waals surface area contributed by atoms with Crippen molar-refractivity contribution in [3.63, 3.8) is 0 Å². The van der Waals surface area contributed by atoms with E-state index in [1.807, 2.05) is 27.7 Å². The van der Waals surface area contributed by atoms with E-state index < -0.39 is 0 Å². The van der Waals surface area contributed by atoms with Crippen LogP contribution >= 0.6 is 0 Å². The Morgan fingerprint density at radius 3 is 2.33 bits per heavy atom. The van der Waals surface area contributed by atoms with Crippen molar-refractivity contribution in [2.24, 2.45) is 0 Å². The third-order valence-corrected chi connectivity index (χ3v) is 2.58. The molecule has 0 aromatic carbocycles. The van der Waals surface area contributed by atoms with E-state index in [0.717, 1.165) is 6.42 Å². The highest BCUT2D eigenvalue weighted by molar-refractivity contribution is 5.96. The lowest BCUT2D eigenvalue weighted by Crippen LogP contribution is -2.45. The maximum atomic E-state index is 11.9. The molecule has 0 N–H and O–H groups in total. The summed E-state index contributed by atoms with van der Waals surface area (Å²) in [6.07, 6.45) is 1.25. The summed E-state index contributed by atoms with van der Waals surface area (Å²) in [5.74, 6) is -0.0470. The van der Waals surface area contributed by atoms with Gasteiger partial charge >= 0.3 is 6.03 Å². The molecule has 0 saturated carbocycles. The molecule has 1 aliphatic rings. The highest BCUT2D eigenvalue weighted by atomic mass is 16.2. The maximum Gasteiger partial charge on any atom is 0.327 e. The second-order valence-corrected chi connectivity index (χ2v) is 4.90. The van der Waals surface area contributed by atoms with Crippen LogP contribution in [0.15, 0.2) is 0 Å². The summed E-state index contributed by atoms with van der Waals surface area (Å²) in [5, 5.41) is 0. The number of hydrogen-bond donors (Lipinski definition) is 0. The summed E-state index contributed by atoms with van der Waals surface area (Å²) in [5.41, 5.74) is -0.196. The number of imide groups is 1. The molecule has 0 bridgehead atoms. The van der Waals surface area contributed by atoms with Gasteiger partial charge in [0.25, 0.3) is 0 Å². The number of hydrogen-bond acceptors (Lipinski definition) is 2. The molecule has 1 saturated heterocycles. The molecular formula is C11H20N2O2. The minimum absolute atomic E-state index is 0.0470. The van der Waals surface area contributed by atoms with Gasteiger partial charge in [0, 0.05) is 25.0 Å². The van der Waals surface area contributed by atoms with Crippen molar-refractivity contribution in [1.29, 1.82) is 0 Å². The van der Waals surface area contributed by atoms with Crippen LogP contribution < -0.4 is 0 Å². The van der Waals surface area contributed by atoms with Gasteiger partial charge < -0.3 is 4.90 Å². The van der Waals surface area contributed by atoms with Crippen LogP contribution in [0.1, 0.15) is 40.5 Å². The highest BCUT2D eigenvalue weighted by Crippen LogP contribution is 2.21. The fourth-order valence-electron chi connectivity index (χ4n) is 1.74. The Morgan fingerprint density at radius 1 is 1.33 bits per heavy atom. The zero-order chi connectivity index (χ0) is 11.6. The van der Waals surface area contributed by atoms with Crippen molar-refractivity contribution < 1.29 is 9.59 Å². The smallest absolute Gasteiger partial charge is 0.318 e. The standard InChI is InChI=1S/C11H20N2O2/c1-5-6-9(14)12-7-8-13(10(12)15)11(2,3)4/h5-8H2,1-4H3. The molecule has 4 heteroatoms. The van der Waals surface area contributed by atoms with Gasteiger partial charge in [0.1, 0.15) is 0 Å². The Balaban J connectivity index is 2.68. The molecule has 86 valence electrons. The number of carbonyl (C=O) groups is 2. The molecule has 1 heterocycles. The Kier molecular flexibility index (Phi) is 3.37. The summed E-state index contributed by atoms with van der Waals surface area (Å²) >= 11 is 0. The van der Waals surface area contributed by atoms with Crippen LogP contribution in [0.25, 0.3) is 0 Å². The molecule has 0 aromatic heterocycles.